The van der Waals surface area contributed by atoms with Gasteiger partial charge in [-0.2, -0.15) is 0 Å². The molecule has 1 aliphatic rings. The number of hydrogen-bond donors (Lipinski definition) is 1. The summed E-state index contributed by atoms with van der Waals surface area (Å²) in [5.41, 5.74) is 6.87. The molecule has 1 aromatic rings. The molecule has 1 aliphatic carbocycles. The molecule has 118 valence electrons. The molecule has 0 spiro atoms. The lowest BCUT2D eigenvalue weighted by Gasteiger charge is -2.41. The van der Waals surface area contributed by atoms with E-state index in [0.29, 0.717) is 5.56 Å². The zero-order chi connectivity index (χ0) is 15.7. The Labute approximate surface area is 122 Å². The van der Waals surface area contributed by atoms with E-state index in [1.165, 1.54) is 12.1 Å². The smallest absolute Gasteiger partial charge is 0.406 e. The van der Waals surface area contributed by atoms with Crippen molar-refractivity contribution >= 4 is 0 Å². The van der Waals surface area contributed by atoms with Gasteiger partial charge in [0.05, 0.1) is 0 Å². The van der Waals surface area contributed by atoms with Gasteiger partial charge < -0.3 is 15.4 Å². The predicted octanol–water partition coefficient (Wildman–Crippen LogP) is 3.46. The van der Waals surface area contributed by atoms with Gasteiger partial charge in [0.15, 0.2) is 0 Å². The van der Waals surface area contributed by atoms with Gasteiger partial charge >= 0.3 is 6.36 Å². The quantitative estimate of drug-likeness (QED) is 0.925. The zero-order valence-corrected chi connectivity index (χ0v) is 12.3. The molecular formula is C15H21F3N2O. The molecule has 3 nitrogen and oxygen atoms in total. The van der Waals surface area contributed by atoms with Crippen molar-refractivity contribution in [3.05, 3.63) is 29.8 Å². The number of alkyl halides is 3. The van der Waals surface area contributed by atoms with E-state index in [0.717, 1.165) is 25.7 Å². The van der Waals surface area contributed by atoms with Crippen LogP contribution in [0.1, 0.15) is 37.3 Å². The number of ether oxygens (including phenoxy) is 1. The van der Waals surface area contributed by atoms with Crippen molar-refractivity contribution in [2.45, 2.75) is 43.6 Å². The number of hydrogen-bond acceptors (Lipinski definition) is 3. The van der Waals surface area contributed by atoms with Gasteiger partial charge in [0.1, 0.15) is 5.75 Å². The van der Waals surface area contributed by atoms with Crippen LogP contribution < -0.4 is 10.5 Å². The Morgan fingerprint density at radius 2 is 1.86 bits per heavy atom. The van der Waals surface area contributed by atoms with Crippen LogP contribution in [-0.2, 0) is 0 Å². The minimum Gasteiger partial charge on any atom is -0.406 e. The first-order valence-corrected chi connectivity index (χ1v) is 7.03. The monoisotopic (exact) mass is 302 g/mol. The van der Waals surface area contributed by atoms with E-state index < -0.39 is 6.36 Å². The molecule has 0 amide bonds. The third kappa shape index (κ3) is 3.49. The topological polar surface area (TPSA) is 38.5 Å². The number of nitrogens with zero attached hydrogens (tertiary/aromatic N) is 1. The lowest BCUT2D eigenvalue weighted by atomic mass is 9.83. The lowest BCUT2D eigenvalue weighted by molar-refractivity contribution is -0.274. The average molecular weight is 302 g/mol. The summed E-state index contributed by atoms with van der Waals surface area (Å²) in [6.07, 6.45) is -0.610. The van der Waals surface area contributed by atoms with Crippen LogP contribution in [0.3, 0.4) is 0 Å². The van der Waals surface area contributed by atoms with Crippen LogP contribution >= 0.6 is 0 Å². The van der Waals surface area contributed by atoms with Crippen molar-refractivity contribution in [3.8, 4) is 5.75 Å². The Balaban J connectivity index is 2.26. The summed E-state index contributed by atoms with van der Waals surface area (Å²) in [5, 5.41) is 0. The van der Waals surface area contributed by atoms with Crippen LogP contribution in [-0.4, -0.2) is 30.9 Å². The summed E-state index contributed by atoms with van der Waals surface area (Å²) >= 11 is 0. The maximum atomic E-state index is 12.3. The Morgan fingerprint density at radius 1 is 1.24 bits per heavy atom. The second-order valence-electron chi connectivity index (χ2n) is 5.80. The van der Waals surface area contributed by atoms with Gasteiger partial charge in [-0.1, -0.05) is 25.0 Å². The highest BCUT2D eigenvalue weighted by Crippen LogP contribution is 2.42. The normalized spacial score (nSPS) is 19.8. The van der Waals surface area contributed by atoms with E-state index in [1.54, 1.807) is 12.1 Å². The molecule has 0 bridgehead atoms. The van der Waals surface area contributed by atoms with Gasteiger partial charge in [-0.15, -0.1) is 13.2 Å². The minimum atomic E-state index is -4.69. The minimum absolute atomic E-state index is 0.198. The van der Waals surface area contributed by atoms with E-state index >= 15 is 0 Å². The Hall–Kier alpha value is -1.27. The van der Waals surface area contributed by atoms with Crippen molar-refractivity contribution in [1.29, 1.82) is 0 Å². The number of halogens is 3. The first-order valence-electron chi connectivity index (χ1n) is 7.03. The second kappa shape index (κ2) is 5.85. The van der Waals surface area contributed by atoms with Gasteiger partial charge in [0.25, 0.3) is 0 Å². The third-order valence-corrected chi connectivity index (χ3v) is 4.39. The first-order chi connectivity index (χ1) is 9.74. The molecule has 2 N–H and O–H groups in total. The van der Waals surface area contributed by atoms with Gasteiger partial charge in [-0.25, -0.2) is 0 Å². The molecule has 1 fully saturated rings. The van der Waals surface area contributed by atoms with E-state index in [4.69, 9.17) is 5.73 Å². The van der Waals surface area contributed by atoms with Crippen molar-refractivity contribution < 1.29 is 17.9 Å². The van der Waals surface area contributed by atoms with Crippen molar-refractivity contribution in [2.24, 2.45) is 5.73 Å². The van der Waals surface area contributed by atoms with Gasteiger partial charge in [0, 0.05) is 11.6 Å². The van der Waals surface area contributed by atoms with Crippen LogP contribution in [0.5, 0.6) is 5.75 Å². The van der Waals surface area contributed by atoms with Crippen LogP contribution in [0.25, 0.3) is 0 Å². The molecular weight excluding hydrogens is 281 g/mol. The second-order valence-corrected chi connectivity index (χ2v) is 5.80. The molecule has 1 aromatic carbocycles. The fourth-order valence-corrected chi connectivity index (χ4v) is 3.24. The predicted molar refractivity (Wildman–Crippen MR) is 74.9 cm³/mol. The van der Waals surface area contributed by atoms with Gasteiger partial charge in [0.2, 0.25) is 0 Å². The Bertz CT molecular complexity index is 482. The summed E-state index contributed by atoms with van der Waals surface area (Å²) in [6, 6.07) is 5.65. The number of benzene rings is 1. The van der Waals surface area contributed by atoms with Crippen molar-refractivity contribution in [3.63, 3.8) is 0 Å². The lowest BCUT2D eigenvalue weighted by Crippen LogP contribution is -2.50. The molecule has 2 rings (SSSR count). The molecule has 1 atom stereocenters. The molecule has 0 aliphatic heterocycles. The fourth-order valence-electron chi connectivity index (χ4n) is 3.24. The van der Waals surface area contributed by atoms with Crippen LogP contribution in [0, 0.1) is 0 Å². The number of nitrogens with two attached hydrogens (primary N) is 1. The average Bonchev–Trinajstić information content (AvgIpc) is 2.86. The summed E-state index contributed by atoms with van der Waals surface area (Å²) < 4.78 is 40.9. The Kier molecular flexibility index (Phi) is 4.49. The SMILES string of the molecule is CN(C)C1(C(N)c2cccc(OC(F)(F)F)c2)CCCC1. The van der Waals surface area contributed by atoms with Gasteiger partial charge in [-0.05, 0) is 44.6 Å². The summed E-state index contributed by atoms with van der Waals surface area (Å²) in [5.74, 6) is -0.220. The molecule has 0 radical (unpaired) electrons. The fraction of sp³-hybridized carbons (Fsp3) is 0.600. The summed E-state index contributed by atoms with van der Waals surface area (Å²) in [7, 11) is 3.95. The largest absolute Gasteiger partial charge is 0.573 e. The maximum absolute atomic E-state index is 12.3. The molecule has 6 heteroatoms. The van der Waals surface area contributed by atoms with Gasteiger partial charge in [-0.3, -0.25) is 0 Å². The van der Waals surface area contributed by atoms with Crippen LogP contribution in [0.15, 0.2) is 24.3 Å². The van der Waals surface area contributed by atoms with Crippen molar-refractivity contribution in [2.75, 3.05) is 14.1 Å². The van der Waals surface area contributed by atoms with E-state index in [2.05, 4.69) is 9.64 Å². The first kappa shape index (κ1) is 16.1. The third-order valence-electron chi connectivity index (χ3n) is 4.39. The molecule has 21 heavy (non-hydrogen) atoms. The highest BCUT2D eigenvalue weighted by molar-refractivity contribution is 5.33. The zero-order valence-electron chi connectivity index (χ0n) is 12.3. The molecule has 0 saturated heterocycles. The summed E-state index contributed by atoms with van der Waals surface area (Å²) in [6.45, 7) is 0. The van der Waals surface area contributed by atoms with Crippen LogP contribution in [0.2, 0.25) is 0 Å². The Morgan fingerprint density at radius 3 is 2.38 bits per heavy atom. The number of rotatable bonds is 4. The highest BCUT2D eigenvalue weighted by Gasteiger charge is 2.42. The molecule has 1 saturated carbocycles. The maximum Gasteiger partial charge on any atom is 0.573 e. The van der Waals surface area contributed by atoms with Crippen LogP contribution in [0.4, 0.5) is 13.2 Å². The number of likely N-dealkylation sites (N-methyl/N-ethyl adjacent to an activating group) is 1. The van der Waals surface area contributed by atoms with E-state index in [9.17, 15) is 13.2 Å². The van der Waals surface area contributed by atoms with Crippen molar-refractivity contribution in [1.82, 2.24) is 4.90 Å². The molecule has 0 heterocycles. The highest BCUT2D eigenvalue weighted by atomic mass is 19.4. The summed E-state index contributed by atoms with van der Waals surface area (Å²) in [4.78, 5) is 2.10. The van der Waals surface area contributed by atoms with E-state index in [-0.39, 0.29) is 17.3 Å². The van der Waals surface area contributed by atoms with E-state index in [1.807, 2.05) is 14.1 Å². The standard InChI is InChI=1S/C15H21F3N2O/c1-20(2)14(8-3-4-9-14)13(19)11-6-5-7-12(10-11)21-15(16,17)18/h5-7,10,13H,3-4,8-9,19H2,1-2H3. The molecule has 0 aromatic heterocycles. The molecule has 1 unspecified atom stereocenters.